The Morgan fingerprint density at radius 3 is 2.59 bits per heavy atom. The Balaban J connectivity index is 2.65. The molecule has 17 heavy (non-hydrogen) atoms. The fraction of sp³-hybridized carbons (Fsp3) is 0.111. The molecule has 0 saturated carbocycles. The average molecular weight is 265 g/mol. The zero-order chi connectivity index (χ0) is 12.6. The Bertz CT molecular complexity index is 603. The number of aromatic nitrogens is 2. The highest BCUT2D eigenvalue weighted by Gasteiger charge is 2.34. The minimum atomic E-state index is -4.60. The first kappa shape index (κ1) is 11.7. The van der Waals surface area contributed by atoms with Crippen molar-refractivity contribution in [2.24, 2.45) is 0 Å². The second-order valence-corrected chi connectivity index (χ2v) is 3.57. The van der Waals surface area contributed by atoms with Crippen LogP contribution in [-0.2, 0) is 6.18 Å². The Kier molecular flexibility index (Phi) is 2.70. The van der Waals surface area contributed by atoms with E-state index in [1.54, 1.807) is 0 Å². The monoisotopic (exact) mass is 264 g/mol. The molecule has 0 unspecified atom stereocenters. The van der Waals surface area contributed by atoms with Crippen molar-refractivity contribution in [1.29, 1.82) is 0 Å². The first-order chi connectivity index (χ1) is 7.88. The van der Waals surface area contributed by atoms with Gasteiger partial charge in [0.1, 0.15) is 0 Å². The lowest BCUT2D eigenvalue weighted by atomic mass is 10.1. The van der Waals surface area contributed by atoms with Gasteiger partial charge in [-0.05, 0) is 18.2 Å². The summed E-state index contributed by atoms with van der Waals surface area (Å²) in [6.07, 6.45) is -4.60. The van der Waals surface area contributed by atoms with E-state index in [2.05, 4.69) is 9.68 Å². The number of alkyl halides is 3. The quantitative estimate of drug-likeness (QED) is 0.861. The molecular weight excluding hydrogens is 261 g/mol. The van der Waals surface area contributed by atoms with Gasteiger partial charge >= 0.3 is 11.9 Å². The molecule has 2 aromatic rings. The van der Waals surface area contributed by atoms with E-state index in [0.717, 1.165) is 12.1 Å². The Hall–Kier alpha value is -1.76. The van der Waals surface area contributed by atoms with Crippen LogP contribution in [0.3, 0.4) is 0 Å². The van der Waals surface area contributed by atoms with E-state index in [-0.39, 0.29) is 16.4 Å². The zero-order valence-electron chi connectivity index (χ0n) is 8.01. The van der Waals surface area contributed by atoms with Crippen LogP contribution in [0.25, 0.3) is 11.4 Å². The Labute approximate surface area is 97.0 Å². The lowest BCUT2D eigenvalue weighted by Gasteiger charge is -2.10. The molecule has 90 valence electrons. The maximum absolute atomic E-state index is 12.7. The van der Waals surface area contributed by atoms with Crippen molar-refractivity contribution in [2.45, 2.75) is 6.18 Å². The number of rotatable bonds is 1. The highest BCUT2D eigenvalue weighted by molar-refractivity contribution is 6.30. The smallest absolute Gasteiger partial charge is 0.296 e. The summed E-state index contributed by atoms with van der Waals surface area (Å²) in [7, 11) is 0. The van der Waals surface area contributed by atoms with Crippen molar-refractivity contribution in [3.05, 3.63) is 39.3 Å². The summed E-state index contributed by atoms with van der Waals surface area (Å²) in [4.78, 5) is 12.7. The molecule has 0 aliphatic rings. The SMILES string of the molecule is O=c1[nH]c(-c2ccc(Cl)cc2C(F)(F)F)no1. The summed E-state index contributed by atoms with van der Waals surface area (Å²) in [5.74, 6) is -1.22. The molecule has 0 atom stereocenters. The van der Waals surface area contributed by atoms with Crippen LogP contribution in [0, 0.1) is 0 Å². The predicted octanol–water partition coefficient (Wildman–Crippen LogP) is 2.70. The molecule has 0 radical (unpaired) electrons. The largest absolute Gasteiger partial charge is 0.439 e. The van der Waals surface area contributed by atoms with Gasteiger partial charge in [0.15, 0.2) is 5.82 Å². The third kappa shape index (κ3) is 2.33. The van der Waals surface area contributed by atoms with Crippen LogP contribution in [0.1, 0.15) is 5.56 Å². The van der Waals surface area contributed by atoms with Crippen molar-refractivity contribution in [3.8, 4) is 11.4 Å². The van der Waals surface area contributed by atoms with E-state index in [1.165, 1.54) is 6.07 Å². The van der Waals surface area contributed by atoms with Gasteiger partial charge in [0, 0.05) is 10.6 Å². The number of halogens is 4. The molecule has 0 spiro atoms. The topological polar surface area (TPSA) is 58.9 Å². The van der Waals surface area contributed by atoms with Gasteiger partial charge in [-0.2, -0.15) is 13.2 Å². The molecule has 0 aliphatic heterocycles. The third-order valence-corrected chi connectivity index (χ3v) is 2.22. The molecule has 4 nitrogen and oxygen atoms in total. The van der Waals surface area contributed by atoms with Crippen molar-refractivity contribution in [2.75, 3.05) is 0 Å². The molecule has 1 aromatic heterocycles. The Morgan fingerprint density at radius 1 is 1.35 bits per heavy atom. The summed E-state index contributed by atoms with van der Waals surface area (Å²) in [5, 5.41) is 3.14. The first-order valence-corrected chi connectivity index (χ1v) is 4.69. The van der Waals surface area contributed by atoms with Gasteiger partial charge < -0.3 is 0 Å². The zero-order valence-corrected chi connectivity index (χ0v) is 8.76. The van der Waals surface area contributed by atoms with E-state index in [0.29, 0.717) is 0 Å². The van der Waals surface area contributed by atoms with Crippen LogP contribution in [-0.4, -0.2) is 10.1 Å². The number of aromatic amines is 1. The molecule has 2 rings (SSSR count). The Morgan fingerprint density at radius 2 is 2.06 bits per heavy atom. The van der Waals surface area contributed by atoms with E-state index >= 15 is 0 Å². The number of nitrogens with one attached hydrogen (secondary N) is 1. The van der Waals surface area contributed by atoms with Gasteiger partial charge in [0.05, 0.1) is 5.56 Å². The summed E-state index contributed by atoms with van der Waals surface area (Å²) < 4.78 is 42.3. The van der Waals surface area contributed by atoms with Crippen LogP contribution in [0.5, 0.6) is 0 Å². The predicted molar refractivity (Wildman–Crippen MR) is 52.6 cm³/mol. The van der Waals surface area contributed by atoms with E-state index < -0.39 is 17.5 Å². The number of H-pyrrole nitrogens is 1. The molecule has 1 heterocycles. The molecule has 1 N–H and O–H groups in total. The number of hydrogen-bond acceptors (Lipinski definition) is 3. The number of hydrogen-bond donors (Lipinski definition) is 1. The first-order valence-electron chi connectivity index (χ1n) is 4.31. The van der Waals surface area contributed by atoms with Crippen molar-refractivity contribution >= 4 is 11.6 Å². The summed E-state index contributed by atoms with van der Waals surface area (Å²) in [6.45, 7) is 0. The van der Waals surface area contributed by atoms with Gasteiger partial charge in [-0.15, -0.1) is 0 Å². The number of benzene rings is 1. The summed E-state index contributed by atoms with van der Waals surface area (Å²) in [5.41, 5.74) is -1.29. The highest BCUT2D eigenvalue weighted by atomic mass is 35.5. The highest BCUT2D eigenvalue weighted by Crippen LogP contribution is 2.37. The molecule has 1 aromatic carbocycles. The molecule has 0 bridgehead atoms. The molecule has 0 fully saturated rings. The minimum absolute atomic E-state index is 0.0630. The van der Waals surface area contributed by atoms with Crippen molar-refractivity contribution in [1.82, 2.24) is 10.1 Å². The van der Waals surface area contributed by atoms with E-state index in [1.807, 2.05) is 4.98 Å². The fourth-order valence-electron chi connectivity index (χ4n) is 1.30. The number of nitrogens with zero attached hydrogens (tertiary/aromatic N) is 1. The normalized spacial score (nSPS) is 11.8. The van der Waals surface area contributed by atoms with Crippen LogP contribution in [0.15, 0.2) is 27.5 Å². The van der Waals surface area contributed by atoms with E-state index in [9.17, 15) is 18.0 Å². The lowest BCUT2D eigenvalue weighted by Crippen LogP contribution is -2.08. The van der Waals surface area contributed by atoms with Crippen molar-refractivity contribution in [3.63, 3.8) is 0 Å². The third-order valence-electron chi connectivity index (χ3n) is 1.98. The van der Waals surface area contributed by atoms with Crippen LogP contribution < -0.4 is 5.76 Å². The maximum atomic E-state index is 12.7. The van der Waals surface area contributed by atoms with Gasteiger partial charge in [-0.1, -0.05) is 16.8 Å². The van der Waals surface area contributed by atoms with Crippen LogP contribution >= 0.6 is 11.6 Å². The molecule has 8 heteroatoms. The maximum Gasteiger partial charge on any atom is 0.439 e. The van der Waals surface area contributed by atoms with E-state index in [4.69, 9.17) is 11.6 Å². The second-order valence-electron chi connectivity index (χ2n) is 3.13. The minimum Gasteiger partial charge on any atom is -0.296 e. The average Bonchev–Trinajstić information content (AvgIpc) is 2.63. The lowest BCUT2D eigenvalue weighted by molar-refractivity contribution is -0.137. The fourth-order valence-corrected chi connectivity index (χ4v) is 1.48. The molecule has 0 aliphatic carbocycles. The van der Waals surface area contributed by atoms with Crippen LogP contribution in [0.4, 0.5) is 13.2 Å². The molecular formula is C9H4ClF3N2O2. The summed E-state index contributed by atoms with van der Waals surface area (Å²) >= 11 is 5.50. The van der Waals surface area contributed by atoms with Crippen LogP contribution in [0.2, 0.25) is 5.02 Å². The molecule has 0 saturated heterocycles. The standard InChI is InChI=1S/C9H4ClF3N2O2/c10-4-1-2-5(6(3-4)9(11,12)13)7-14-8(16)17-15-7/h1-3H,(H,14,15,16). The van der Waals surface area contributed by atoms with Gasteiger partial charge in [0.2, 0.25) is 0 Å². The van der Waals surface area contributed by atoms with Gasteiger partial charge in [-0.3, -0.25) is 9.51 Å². The molecule has 0 amide bonds. The van der Waals surface area contributed by atoms with Gasteiger partial charge in [-0.25, -0.2) is 4.79 Å². The van der Waals surface area contributed by atoms with Crippen molar-refractivity contribution < 1.29 is 17.7 Å². The second kappa shape index (κ2) is 3.92. The van der Waals surface area contributed by atoms with Gasteiger partial charge in [0.25, 0.3) is 0 Å². The summed E-state index contributed by atoms with van der Waals surface area (Å²) in [6, 6.07) is 3.13.